The van der Waals surface area contributed by atoms with Gasteiger partial charge in [0.05, 0.1) is 0 Å². The van der Waals surface area contributed by atoms with Gasteiger partial charge in [0.1, 0.15) is 13.2 Å². The van der Waals surface area contributed by atoms with E-state index >= 15 is 0 Å². The van der Waals surface area contributed by atoms with Crippen molar-refractivity contribution < 1.29 is 28.6 Å². The molecule has 6 heteroatoms. The number of carbonyl (C=O) groups excluding carboxylic acids is 3. The first kappa shape index (κ1) is 77.4. The first-order valence-electron chi connectivity index (χ1n) is 36.5. The van der Waals surface area contributed by atoms with Gasteiger partial charge in [-0.05, 0) is 19.3 Å². The van der Waals surface area contributed by atoms with E-state index in [1.807, 2.05) is 0 Å². The third kappa shape index (κ3) is 67.1. The maximum atomic E-state index is 12.9. The lowest BCUT2D eigenvalue weighted by Crippen LogP contribution is -2.30. The summed E-state index contributed by atoms with van der Waals surface area (Å²) in [5.74, 6) is -0.828. The SMILES string of the molecule is CCCCCCCCCCCCCCCCCCCCCCCCCCCCCCCC(=O)OCC(COC(=O)CCCCCCCCCC)OC(=O)CCCCCCCCCCCCCCCCCCCCCCCCCC. The summed E-state index contributed by atoms with van der Waals surface area (Å²) in [6.07, 6.45) is 81.8. The van der Waals surface area contributed by atoms with Gasteiger partial charge in [-0.25, -0.2) is 0 Å². The molecular formula is C73H142O6. The lowest BCUT2D eigenvalue weighted by atomic mass is 10.0. The van der Waals surface area contributed by atoms with E-state index in [1.165, 1.54) is 334 Å². The summed E-state index contributed by atoms with van der Waals surface area (Å²) in [6.45, 7) is 6.71. The van der Waals surface area contributed by atoms with E-state index in [0.29, 0.717) is 19.3 Å². The van der Waals surface area contributed by atoms with E-state index in [4.69, 9.17) is 14.2 Å². The Morgan fingerprint density at radius 3 is 0.506 bits per heavy atom. The lowest BCUT2D eigenvalue weighted by molar-refractivity contribution is -0.167. The molecule has 79 heavy (non-hydrogen) atoms. The van der Waals surface area contributed by atoms with Gasteiger partial charge in [0, 0.05) is 19.3 Å². The molecule has 0 rings (SSSR count). The van der Waals surface area contributed by atoms with Gasteiger partial charge in [0.15, 0.2) is 6.10 Å². The van der Waals surface area contributed by atoms with Crippen LogP contribution in [-0.2, 0) is 28.6 Å². The average molecular weight is 1120 g/mol. The van der Waals surface area contributed by atoms with Gasteiger partial charge >= 0.3 is 17.9 Å². The molecule has 0 aliphatic carbocycles. The molecule has 0 amide bonds. The Bertz CT molecular complexity index is 1190. The minimum Gasteiger partial charge on any atom is -0.462 e. The van der Waals surface area contributed by atoms with Crippen molar-refractivity contribution in [2.45, 2.75) is 438 Å². The molecule has 1 atom stereocenters. The molecule has 0 N–H and O–H groups in total. The predicted molar refractivity (Wildman–Crippen MR) is 344 cm³/mol. The summed E-state index contributed by atoms with van der Waals surface area (Å²) in [7, 11) is 0. The number of carbonyl (C=O) groups is 3. The molecule has 6 nitrogen and oxygen atoms in total. The zero-order chi connectivity index (χ0) is 57.1. The quantitative estimate of drug-likeness (QED) is 0.0343. The van der Waals surface area contributed by atoms with E-state index in [0.717, 1.165) is 57.8 Å². The molecule has 0 radical (unpaired) electrons. The minimum absolute atomic E-state index is 0.0609. The summed E-state index contributed by atoms with van der Waals surface area (Å²) in [5.41, 5.74) is 0. The van der Waals surface area contributed by atoms with Crippen LogP contribution in [0.2, 0.25) is 0 Å². The van der Waals surface area contributed by atoms with Gasteiger partial charge < -0.3 is 14.2 Å². The van der Waals surface area contributed by atoms with Crippen LogP contribution >= 0.6 is 0 Å². The van der Waals surface area contributed by atoms with Crippen molar-refractivity contribution >= 4 is 17.9 Å². The topological polar surface area (TPSA) is 78.9 Å². The van der Waals surface area contributed by atoms with Crippen molar-refractivity contribution in [3.8, 4) is 0 Å². The number of rotatable bonds is 69. The molecule has 0 aliphatic heterocycles. The van der Waals surface area contributed by atoms with Crippen LogP contribution in [0.4, 0.5) is 0 Å². The smallest absolute Gasteiger partial charge is 0.306 e. The third-order valence-corrected chi connectivity index (χ3v) is 17.1. The number of unbranched alkanes of at least 4 members (excludes halogenated alkanes) is 58. The standard InChI is InChI=1S/C73H142O6/c1-4-7-10-13-16-19-21-23-25-27-29-31-33-35-36-37-38-39-41-42-44-46-48-50-52-54-57-60-63-66-72(75)78-69-70(68-77-71(74)65-62-59-56-18-15-12-9-6-3)79-73(76)67-64-61-58-55-53-51-49-47-45-43-40-34-32-30-28-26-24-22-20-17-14-11-8-5-2/h70H,4-69H2,1-3H3. The molecule has 0 aromatic rings. The number of hydrogen-bond donors (Lipinski definition) is 0. The van der Waals surface area contributed by atoms with E-state index in [2.05, 4.69) is 20.8 Å². The third-order valence-electron chi connectivity index (χ3n) is 17.1. The summed E-state index contributed by atoms with van der Waals surface area (Å²) < 4.78 is 16.9. The summed E-state index contributed by atoms with van der Waals surface area (Å²) >= 11 is 0. The zero-order valence-electron chi connectivity index (χ0n) is 54.2. The predicted octanol–water partition coefficient (Wildman–Crippen LogP) is 25.0. The van der Waals surface area contributed by atoms with Crippen LogP contribution < -0.4 is 0 Å². The van der Waals surface area contributed by atoms with E-state index in [-0.39, 0.29) is 31.1 Å². The Balaban J connectivity index is 4.00. The van der Waals surface area contributed by atoms with Crippen LogP contribution in [0.1, 0.15) is 432 Å². The first-order valence-corrected chi connectivity index (χ1v) is 36.5. The molecule has 0 saturated heterocycles. The lowest BCUT2D eigenvalue weighted by Gasteiger charge is -2.18. The molecule has 0 spiro atoms. The largest absolute Gasteiger partial charge is 0.462 e. The normalized spacial score (nSPS) is 11.9. The van der Waals surface area contributed by atoms with Gasteiger partial charge in [-0.3, -0.25) is 14.4 Å². The maximum Gasteiger partial charge on any atom is 0.306 e. The summed E-state index contributed by atoms with van der Waals surface area (Å²) in [4.78, 5) is 38.3. The van der Waals surface area contributed by atoms with Gasteiger partial charge in [-0.15, -0.1) is 0 Å². The van der Waals surface area contributed by atoms with Crippen molar-refractivity contribution in [2.24, 2.45) is 0 Å². The molecule has 0 fully saturated rings. The molecule has 0 aliphatic rings. The van der Waals surface area contributed by atoms with E-state index in [1.54, 1.807) is 0 Å². The monoisotopic (exact) mass is 1120 g/mol. The Kier molecular flexibility index (Phi) is 67.5. The minimum atomic E-state index is -0.762. The summed E-state index contributed by atoms with van der Waals surface area (Å²) in [5, 5.41) is 0. The number of esters is 3. The zero-order valence-corrected chi connectivity index (χ0v) is 54.2. The second-order valence-corrected chi connectivity index (χ2v) is 25.2. The van der Waals surface area contributed by atoms with Crippen molar-refractivity contribution in [1.29, 1.82) is 0 Å². The highest BCUT2D eigenvalue weighted by Gasteiger charge is 2.20. The molecule has 0 saturated carbocycles. The molecule has 470 valence electrons. The van der Waals surface area contributed by atoms with Crippen molar-refractivity contribution in [3.05, 3.63) is 0 Å². The highest BCUT2D eigenvalue weighted by molar-refractivity contribution is 5.71. The second-order valence-electron chi connectivity index (χ2n) is 25.2. The number of hydrogen-bond acceptors (Lipinski definition) is 6. The van der Waals surface area contributed by atoms with Crippen molar-refractivity contribution in [2.75, 3.05) is 13.2 Å². The molecule has 0 aromatic heterocycles. The fourth-order valence-corrected chi connectivity index (χ4v) is 11.6. The summed E-state index contributed by atoms with van der Waals surface area (Å²) in [6, 6.07) is 0. The fourth-order valence-electron chi connectivity index (χ4n) is 11.6. The molecule has 0 aromatic carbocycles. The van der Waals surface area contributed by atoms with E-state index < -0.39 is 6.10 Å². The number of ether oxygens (including phenoxy) is 3. The Morgan fingerprint density at radius 1 is 0.203 bits per heavy atom. The highest BCUT2D eigenvalue weighted by atomic mass is 16.6. The molecule has 0 bridgehead atoms. The van der Waals surface area contributed by atoms with Crippen LogP contribution in [0.3, 0.4) is 0 Å². The molecular weight excluding hydrogens is 973 g/mol. The maximum absolute atomic E-state index is 12.9. The van der Waals surface area contributed by atoms with Crippen LogP contribution in [0, 0.1) is 0 Å². The van der Waals surface area contributed by atoms with Gasteiger partial charge in [-0.2, -0.15) is 0 Å². The van der Waals surface area contributed by atoms with Gasteiger partial charge in [0.2, 0.25) is 0 Å². The average Bonchev–Trinajstić information content (AvgIpc) is 3.45. The van der Waals surface area contributed by atoms with Gasteiger partial charge in [-0.1, -0.05) is 393 Å². The second kappa shape index (κ2) is 68.9. The van der Waals surface area contributed by atoms with Crippen LogP contribution in [0.15, 0.2) is 0 Å². The highest BCUT2D eigenvalue weighted by Crippen LogP contribution is 2.20. The van der Waals surface area contributed by atoms with Gasteiger partial charge in [0.25, 0.3) is 0 Å². The first-order chi connectivity index (χ1) is 39.0. The van der Waals surface area contributed by atoms with Crippen molar-refractivity contribution in [3.63, 3.8) is 0 Å². The van der Waals surface area contributed by atoms with Crippen LogP contribution in [0.25, 0.3) is 0 Å². The fraction of sp³-hybridized carbons (Fsp3) is 0.959. The molecule has 1 unspecified atom stereocenters. The Morgan fingerprint density at radius 2 is 0.342 bits per heavy atom. The van der Waals surface area contributed by atoms with Crippen LogP contribution in [0.5, 0.6) is 0 Å². The van der Waals surface area contributed by atoms with E-state index in [9.17, 15) is 14.4 Å². The molecule has 0 heterocycles. The van der Waals surface area contributed by atoms with Crippen molar-refractivity contribution in [1.82, 2.24) is 0 Å². The Hall–Kier alpha value is -1.59. The van der Waals surface area contributed by atoms with Crippen LogP contribution in [-0.4, -0.2) is 37.2 Å². The Labute approximate surface area is 495 Å².